The average Bonchev–Trinajstić information content (AvgIpc) is 2.84. The summed E-state index contributed by atoms with van der Waals surface area (Å²) in [4.78, 5) is 10.7. The fourth-order valence-corrected chi connectivity index (χ4v) is 3.06. The van der Waals surface area contributed by atoms with Crippen LogP contribution in [0.1, 0.15) is 64.7 Å². The first-order valence-electron chi connectivity index (χ1n) is 7.42. The zero-order chi connectivity index (χ0) is 15.0. The van der Waals surface area contributed by atoms with Gasteiger partial charge in [-0.25, -0.2) is 0 Å². The van der Waals surface area contributed by atoms with E-state index in [0.717, 1.165) is 36.7 Å². The van der Waals surface area contributed by atoms with Crippen LogP contribution in [0.4, 0.5) is 0 Å². The van der Waals surface area contributed by atoms with Crippen LogP contribution in [-0.2, 0) is 11.2 Å². The zero-order valence-corrected chi connectivity index (χ0v) is 13.4. The van der Waals surface area contributed by atoms with Crippen molar-refractivity contribution in [1.29, 1.82) is 0 Å². The third-order valence-corrected chi connectivity index (χ3v) is 4.18. The van der Waals surface area contributed by atoms with Crippen LogP contribution in [0.25, 0.3) is 0 Å². The Labute approximate surface area is 125 Å². The smallest absolute Gasteiger partial charge is 0.313 e. The standard InChI is InChI=1S/C14H25N3O2S/c1-4-7-9-11(8-5-2)17-12(6-3)15-16-14(17)20-10-13(18)19/h11H,4-10H2,1-3H3,(H,18,19). The number of hydrogen-bond acceptors (Lipinski definition) is 4. The van der Waals surface area contributed by atoms with E-state index in [1.54, 1.807) is 0 Å². The van der Waals surface area contributed by atoms with Gasteiger partial charge in [-0.3, -0.25) is 4.79 Å². The molecule has 0 aromatic carbocycles. The number of carboxylic acids is 1. The van der Waals surface area contributed by atoms with Gasteiger partial charge in [0, 0.05) is 12.5 Å². The molecule has 0 radical (unpaired) electrons. The SMILES string of the molecule is CCCCC(CCC)n1c(CC)nnc1SCC(=O)O. The summed E-state index contributed by atoms with van der Waals surface area (Å²) in [6.07, 6.45) is 6.48. The van der Waals surface area contributed by atoms with Gasteiger partial charge in [0.2, 0.25) is 0 Å². The monoisotopic (exact) mass is 299 g/mol. The lowest BCUT2D eigenvalue weighted by Gasteiger charge is -2.21. The third kappa shape index (κ3) is 4.81. The molecule has 0 saturated carbocycles. The highest BCUT2D eigenvalue weighted by Crippen LogP contribution is 2.28. The number of nitrogens with zero attached hydrogens (tertiary/aromatic N) is 3. The number of carbonyl (C=O) groups is 1. The van der Waals surface area contributed by atoms with Gasteiger partial charge >= 0.3 is 5.97 Å². The van der Waals surface area contributed by atoms with Gasteiger partial charge in [-0.05, 0) is 12.8 Å². The van der Waals surface area contributed by atoms with Crippen molar-refractivity contribution in [1.82, 2.24) is 14.8 Å². The van der Waals surface area contributed by atoms with Gasteiger partial charge in [-0.1, -0.05) is 51.8 Å². The molecule has 114 valence electrons. The van der Waals surface area contributed by atoms with Crippen LogP contribution in [0, 0.1) is 0 Å². The lowest BCUT2D eigenvalue weighted by molar-refractivity contribution is -0.133. The summed E-state index contributed by atoms with van der Waals surface area (Å²) >= 11 is 1.27. The largest absolute Gasteiger partial charge is 0.481 e. The molecule has 0 amide bonds. The van der Waals surface area contributed by atoms with Crippen molar-refractivity contribution in [3.8, 4) is 0 Å². The predicted molar refractivity (Wildman–Crippen MR) is 81.2 cm³/mol. The Morgan fingerprint density at radius 3 is 2.55 bits per heavy atom. The van der Waals surface area contributed by atoms with E-state index in [9.17, 15) is 4.79 Å². The predicted octanol–water partition coefficient (Wildman–Crippen LogP) is 3.55. The number of unbranched alkanes of at least 4 members (excludes halogenated alkanes) is 1. The fourth-order valence-electron chi connectivity index (χ4n) is 2.32. The average molecular weight is 299 g/mol. The summed E-state index contributed by atoms with van der Waals surface area (Å²) in [5.74, 6) is 0.185. The minimum Gasteiger partial charge on any atom is -0.481 e. The minimum atomic E-state index is -0.816. The molecule has 1 aromatic heterocycles. The molecule has 5 nitrogen and oxygen atoms in total. The molecule has 1 heterocycles. The van der Waals surface area contributed by atoms with Crippen LogP contribution in [0.5, 0.6) is 0 Å². The van der Waals surface area contributed by atoms with E-state index in [2.05, 4.69) is 35.5 Å². The van der Waals surface area contributed by atoms with Crippen LogP contribution in [0.3, 0.4) is 0 Å². The summed E-state index contributed by atoms with van der Waals surface area (Å²) in [7, 11) is 0. The second-order valence-corrected chi connectivity index (χ2v) is 5.83. The molecule has 0 fully saturated rings. The quantitative estimate of drug-likeness (QED) is 0.669. The first-order valence-corrected chi connectivity index (χ1v) is 8.40. The second kappa shape index (κ2) is 9.00. The van der Waals surface area contributed by atoms with Crippen LogP contribution in [0.2, 0.25) is 0 Å². The minimum absolute atomic E-state index is 0.0362. The van der Waals surface area contributed by atoms with E-state index >= 15 is 0 Å². The van der Waals surface area contributed by atoms with E-state index in [-0.39, 0.29) is 5.75 Å². The summed E-state index contributed by atoms with van der Waals surface area (Å²) in [5, 5.41) is 18.0. The van der Waals surface area contributed by atoms with Crippen molar-refractivity contribution in [2.24, 2.45) is 0 Å². The first kappa shape index (κ1) is 17.0. The molecule has 0 aliphatic heterocycles. The van der Waals surface area contributed by atoms with E-state index in [0.29, 0.717) is 6.04 Å². The number of carboxylic acid groups (broad SMARTS) is 1. The normalized spacial score (nSPS) is 12.6. The highest BCUT2D eigenvalue weighted by Gasteiger charge is 2.20. The Morgan fingerprint density at radius 1 is 1.25 bits per heavy atom. The molecule has 0 saturated heterocycles. The van der Waals surface area contributed by atoms with Crippen molar-refractivity contribution in [3.05, 3.63) is 5.82 Å². The van der Waals surface area contributed by atoms with Crippen LogP contribution in [0.15, 0.2) is 5.16 Å². The van der Waals surface area contributed by atoms with Gasteiger partial charge in [0.25, 0.3) is 0 Å². The Hall–Kier alpha value is -1.04. The third-order valence-electron chi connectivity index (χ3n) is 3.25. The zero-order valence-electron chi connectivity index (χ0n) is 12.6. The lowest BCUT2D eigenvalue weighted by Crippen LogP contribution is -2.14. The molecular formula is C14H25N3O2S. The molecule has 20 heavy (non-hydrogen) atoms. The van der Waals surface area contributed by atoms with Crippen molar-refractivity contribution >= 4 is 17.7 Å². The lowest BCUT2D eigenvalue weighted by atomic mass is 10.0. The number of aryl methyl sites for hydroxylation is 1. The van der Waals surface area contributed by atoms with Gasteiger partial charge in [0.1, 0.15) is 5.82 Å². The molecule has 0 aliphatic rings. The molecule has 0 bridgehead atoms. The highest BCUT2D eigenvalue weighted by atomic mass is 32.2. The van der Waals surface area contributed by atoms with Gasteiger partial charge in [0.05, 0.1) is 5.75 Å². The molecule has 1 N–H and O–H groups in total. The summed E-state index contributed by atoms with van der Waals surface area (Å²) in [6.45, 7) is 6.43. The van der Waals surface area contributed by atoms with Gasteiger partial charge in [-0.2, -0.15) is 0 Å². The second-order valence-electron chi connectivity index (χ2n) is 4.89. The number of aliphatic carboxylic acids is 1. The maximum absolute atomic E-state index is 10.7. The van der Waals surface area contributed by atoms with Crippen molar-refractivity contribution in [3.63, 3.8) is 0 Å². The van der Waals surface area contributed by atoms with E-state index in [1.165, 1.54) is 24.6 Å². The van der Waals surface area contributed by atoms with Crippen LogP contribution >= 0.6 is 11.8 Å². The topological polar surface area (TPSA) is 68.0 Å². The van der Waals surface area contributed by atoms with Crippen molar-refractivity contribution in [2.75, 3.05) is 5.75 Å². The summed E-state index contributed by atoms with van der Waals surface area (Å²) in [5.41, 5.74) is 0. The first-order chi connectivity index (χ1) is 9.63. The van der Waals surface area contributed by atoms with Crippen LogP contribution in [-0.4, -0.2) is 31.6 Å². The van der Waals surface area contributed by atoms with Crippen molar-refractivity contribution in [2.45, 2.75) is 70.5 Å². The Bertz CT molecular complexity index is 421. The van der Waals surface area contributed by atoms with E-state index in [1.807, 2.05) is 0 Å². The van der Waals surface area contributed by atoms with Crippen LogP contribution < -0.4 is 0 Å². The van der Waals surface area contributed by atoms with Crippen molar-refractivity contribution < 1.29 is 9.90 Å². The maximum atomic E-state index is 10.7. The van der Waals surface area contributed by atoms with Gasteiger partial charge < -0.3 is 9.67 Å². The molecule has 1 rings (SSSR count). The summed E-state index contributed by atoms with van der Waals surface area (Å²) in [6, 6.07) is 0.390. The summed E-state index contributed by atoms with van der Waals surface area (Å²) < 4.78 is 2.17. The Morgan fingerprint density at radius 2 is 2.00 bits per heavy atom. The number of rotatable bonds is 10. The highest BCUT2D eigenvalue weighted by molar-refractivity contribution is 7.99. The molecular weight excluding hydrogens is 274 g/mol. The molecule has 1 aromatic rings. The maximum Gasteiger partial charge on any atom is 0.313 e. The van der Waals surface area contributed by atoms with E-state index < -0.39 is 5.97 Å². The number of hydrogen-bond donors (Lipinski definition) is 1. The molecule has 1 unspecified atom stereocenters. The Kier molecular flexibility index (Phi) is 7.65. The molecule has 6 heteroatoms. The Balaban J connectivity index is 2.95. The molecule has 1 atom stereocenters. The molecule has 0 aliphatic carbocycles. The number of aromatic nitrogens is 3. The molecule has 0 spiro atoms. The van der Waals surface area contributed by atoms with Gasteiger partial charge in [-0.15, -0.1) is 10.2 Å². The number of thioether (sulfide) groups is 1. The van der Waals surface area contributed by atoms with Gasteiger partial charge in [0.15, 0.2) is 5.16 Å². The van der Waals surface area contributed by atoms with E-state index in [4.69, 9.17) is 5.11 Å². The fraction of sp³-hybridized carbons (Fsp3) is 0.786.